The molecule has 0 radical (unpaired) electrons. The third-order valence-corrected chi connectivity index (χ3v) is 3.92. The highest BCUT2D eigenvalue weighted by molar-refractivity contribution is 5.97. The highest BCUT2D eigenvalue weighted by atomic mass is 19.2. The topological polar surface area (TPSA) is 114 Å². The Hall–Kier alpha value is -3.96. The molecule has 0 fully saturated rings. The van der Waals surface area contributed by atoms with Crippen LogP contribution in [0.5, 0.6) is 0 Å². The molecule has 3 N–H and O–H groups in total. The van der Waals surface area contributed by atoms with E-state index < -0.39 is 71.8 Å². The third kappa shape index (κ3) is 6.52. The van der Waals surface area contributed by atoms with Gasteiger partial charge in [-0.05, 0) is 31.2 Å². The van der Waals surface area contributed by atoms with Crippen molar-refractivity contribution in [3.63, 3.8) is 0 Å². The van der Waals surface area contributed by atoms with E-state index in [1.165, 1.54) is 25.1 Å². The van der Waals surface area contributed by atoms with E-state index in [4.69, 9.17) is 4.74 Å². The second-order valence-corrected chi connectivity index (χ2v) is 6.28. The van der Waals surface area contributed by atoms with Crippen LogP contribution in [0.15, 0.2) is 36.4 Å². The molecule has 0 aliphatic heterocycles. The minimum absolute atomic E-state index is 0.283. The van der Waals surface area contributed by atoms with E-state index in [2.05, 4.69) is 10.6 Å². The van der Waals surface area contributed by atoms with Crippen LogP contribution >= 0.6 is 0 Å². The molecule has 2 aromatic rings. The number of hydrogen-bond donors (Lipinski definition) is 3. The Balaban J connectivity index is 1.77. The molecule has 0 aliphatic rings. The lowest BCUT2D eigenvalue weighted by Gasteiger charge is -2.14. The third-order valence-electron chi connectivity index (χ3n) is 3.92. The summed E-state index contributed by atoms with van der Waals surface area (Å²) in [7, 11) is 0. The molecule has 2 rings (SSSR count). The zero-order chi connectivity index (χ0) is 23.8. The summed E-state index contributed by atoms with van der Waals surface area (Å²) in [5.41, 5.74) is -0.914. The van der Waals surface area contributed by atoms with E-state index in [1.807, 2.05) is 5.32 Å². The fourth-order valence-electron chi connectivity index (χ4n) is 2.31. The summed E-state index contributed by atoms with van der Waals surface area (Å²) in [5.74, 6) is -9.33. The molecule has 1 unspecified atom stereocenters. The molecule has 3 amide bonds. The summed E-state index contributed by atoms with van der Waals surface area (Å²) in [4.78, 5) is 47.3. The summed E-state index contributed by atoms with van der Waals surface area (Å²) in [6, 6.07) is 6.50. The van der Waals surface area contributed by atoms with Gasteiger partial charge in [0, 0.05) is 0 Å². The van der Waals surface area contributed by atoms with Crippen molar-refractivity contribution in [2.24, 2.45) is 0 Å². The van der Waals surface area contributed by atoms with E-state index in [1.54, 1.807) is 0 Å². The largest absolute Gasteiger partial charge is 0.451 e. The van der Waals surface area contributed by atoms with Crippen LogP contribution in [0.2, 0.25) is 0 Å². The molecule has 0 heterocycles. The second-order valence-electron chi connectivity index (χ2n) is 6.28. The highest BCUT2D eigenvalue weighted by Gasteiger charge is 2.20. The molecular formula is C20H17F4N3O5. The van der Waals surface area contributed by atoms with Crippen LogP contribution in [-0.2, 0) is 19.1 Å². The van der Waals surface area contributed by atoms with Crippen LogP contribution in [0, 0.1) is 23.3 Å². The Morgan fingerprint density at radius 2 is 1.56 bits per heavy atom. The standard InChI is InChI=1S/C20H17F4N3O5/c1-10(32-16(29)9-26-20(31)11-4-2-3-5-12(11)21)19(30)25-8-15(28)27-14-7-6-13(22)17(23)18(14)24/h2-7,10H,8-9H2,1H3,(H,25,30)(H,26,31)(H,27,28). The number of benzene rings is 2. The van der Waals surface area contributed by atoms with Crippen molar-refractivity contribution in [1.29, 1.82) is 0 Å². The van der Waals surface area contributed by atoms with Gasteiger partial charge in [-0.3, -0.25) is 19.2 Å². The van der Waals surface area contributed by atoms with Crippen LogP contribution in [0.25, 0.3) is 0 Å². The Bertz CT molecular complexity index is 1050. The Kier molecular flexibility index (Phi) is 8.27. The monoisotopic (exact) mass is 455 g/mol. The Morgan fingerprint density at radius 3 is 2.25 bits per heavy atom. The summed E-state index contributed by atoms with van der Waals surface area (Å²) in [6.07, 6.45) is -1.37. The molecule has 0 aliphatic carbocycles. The average molecular weight is 455 g/mol. The number of anilines is 1. The number of amides is 3. The van der Waals surface area contributed by atoms with Gasteiger partial charge in [0.1, 0.15) is 12.4 Å². The maximum Gasteiger partial charge on any atom is 0.326 e. The molecule has 0 spiro atoms. The van der Waals surface area contributed by atoms with Crippen LogP contribution in [0.4, 0.5) is 23.2 Å². The van der Waals surface area contributed by atoms with Crippen LogP contribution < -0.4 is 16.0 Å². The Morgan fingerprint density at radius 1 is 0.875 bits per heavy atom. The lowest BCUT2D eigenvalue weighted by Crippen LogP contribution is -2.41. The van der Waals surface area contributed by atoms with Gasteiger partial charge < -0.3 is 20.7 Å². The van der Waals surface area contributed by atoms with Crippen molar-refractivity contribution in [2.45, 2.75) is 13.0 Å². The van der Waals surface area contributed by atoms with Gasteiger partial charge in [0.25, 0.3) is 11.8 Å². The van der Waals surface area contributed by atoms with Crippen molar-refractivity contribution in [3.8, 4) is 0 Å². The first-order valence-corrected chi connectivity index (χ1v) is 9.03. The van der Waals surface area contributed by atoms with Gasteiger partial charge in [0.05, 0.1) is 17.8 Å². The number of ether oxygens (including phenoxy) is 1. The molecular weight excluding hydrogens is 438 g/mol. The van der Waals surface area contributed by atoms with Crippen molar-refractivity contribution in [2.75, 3.05) is 18.4 Å². The van der Waals surface area contributed by atoms with E-state index >= 15 is 0 Å². The number of esters is 1. The number of carbonyl (C=O) groups is 4. The summed E-state index contributed by atoms with van der Waals surface area (Å²) < 4.78 is 57.9. The molecule has 170 valence electrons. The van der Waals surface area contributed by atoms with E-state index in [9.17, 15) is 36.7 Å². The first kappa shape index (κ1) is 24.3. The van der Waals surface area contributed by atoms with Crippen LogP contribution in [0.1, 0.15) is 17.3 Å². The Labute approximate surface area is 178 Å². The fraction of sp³-hybridized carbons (Fsp3) is 0.200. The van der Waals surface area contributed by atoms with Crippen molar-refractivity contribution in [3.05, 3.63) is 65.2 Å². The maximum atomic E-state index is 13.5. The maximum absolute atomic E-state index is 13.5. The number of carbonyl (C=O) groups excluding carboxylic acids is 4. The lowest BCUT2D eigenvalue weighted by molar-refractivity contribution is -0.153. The van der Waals surface area contributed by atoms with E-state index in [-0.39, 0.29) is 5.56 Å². The number of halogens is 4. The number of hydrogen-bond acceptors (Lipinski definition) is 5. The smallest absolute Gasteiger partial charge is 0.326 e. The first-order valence-electron chi connectivity index (χ1n) is 9.03. The summed E-state index contributed by atoms with van der Waals surface area (Å²) >= 11 is 0. The van der Waals surface area contributed by atoms with Crippen LogP contribution in [-0.4, -0.2) is 42.9 Å². The molecule has 0 aromatic heterocycles. The first-order chi connectivity index (χ1) is 15.1. The molecule has 0 saturated carbocycles. The molecule has 2 aromatic carbocycles. The summed E-state index contributed by atoms with van der Waals surface area (Å²) in [6.45, 7) is -0.164. The van der Waals surface area contributed by atoms with Crippen molar-refractivity contribution < 1.29 is 41.5 Å². The zero-order valence-corrected chi connectivity index (χ0v) is 16.5. The minimum Gasteiger partial charge on any atom is -0.451 e. The van der Waals surface area contributed by atoms with E-state index in [0.29, 0.717) is 6.07 Å². The normalized spacial score (nSPS) is 11.3. The average Bonchev–Trinajstić information content (AvgIpc) is 2.76. The molecule has 0 bridgehead atoms. The fourth-order valence-corrected chi connectivity index (χ4v) is 2.31. The molecule has 32 heavy (non-hydrogen) atoms. The van der Waals surface area contributed by atoms with Gasteiger partial charge in [-0.2, -0.15) is 0 Å². The number of rotatable bonds is 8. The lowest BCUT2D eigenvalue weighted by atomic mass is 10.2. The van der Waals surface area contributed by atoms with Gasteiger partial charge in [-0.1, -0.05) is 12.1 Å². The SMILES string of the molecule is CC(OC(=O)CNC(=O)c1ccccc1F)C(=O)NCC(=O)Nc1ccc(F)c(F)c1F. The van der Waals surface area contributed by atoms with Gasteiger partial charge in [0.15, 0.2) is 23.6 Å². The van der Waals surface area contributed by atoms with E-state index in [0.717, 1.165) is 12.1 Å². The van der Waals surface area contributed by atoms with Crippen molar-refractivity contribution >= 4 is 29.4 Å². The minimum atomic E-state index is -1.77. The summed E-state index contributed by atoms with van der Waals surface area (Å²) in [5, 5.41) is 6.17. The quantitative estimate of drug-likeness (QED) is 0.318. The number of nitrogens with one attached hydrogen (secondary N) is 3. The highest BCUT2D eigenvalue weighted by Crippen LogP contribution is 2.19. The predicted molar refractivity (Wildman–Crippen MR) is 102 cm³/mol. The van der Waals surface area contributed by atoms with Crippen LogP contribution in [0.3, 0.4) is 0 Å². The predicted octanol–water partition coefficient (Wildman–Crippen LogP) is 1.66. The molecule has 1 atom stereocenters. The molecule has 12 heteroatoms. The second kappa shape index (κ2) is 10.9. The van der Waals surface area contributed by atoms with Gasteiger partial charge in [0.2, 0.25) is 5.91 Å². The van der Waals surface area contributed by atoms with Gasteiger partial charge in [-0.25, -0.2) is 17.6 Å². The molecule has 0 saturated heterocycles. The van der Waals surface area contributed by atoms with Gasteiger partial charge >= 0.3 is 5.97 Å². The van der Waals surface area contributed by atoms with Crippen molar-refractivity contribution in [1.82, 2.24) is 10.6 Å². The zero-order valence-electron chi connectivity index (χ0n) is 16.5. The van der Waals surface area contributed by atoms with Gasteiger partial charge in [-0.15, -0.1) is 0 Å². The molecule has 8 nitrogen and oxygen atoms in total.